The van der Waals surface area contributed by atoms with Crippen molar-refractivity contribution in [3.8, 4) is 5.75 Å². The maximum atomic E-state index is 15.2. The molecule has 0 atom stereocenters. The molecular formula is C31H31F2IN2O5. The van der Waals surface area contributed by atoms with Gasteiger partial charge in [0.15, 0.2) is 21.1 Å². The number of anilines is 2. The highest BCUT2D eigenvalue weighted by Gasteiger charge is 2.56. The van der Waals surface area contributed by atoms with Crippen LogP contribution in [-0.2, 0) is 19.1 Å². The molecule has 0 radical (unpaired) electrons. The molecule has 7 nitrogen and oxygen atoms in total. The van der Waals surface area contributed by atoms with Gasteiger partial charge in [-0.1, -0.05) is 30.4 Å². The van der Waals surface area contributed by atoms with Crippen molar-refractivity contribution in [2.75, 3.05) is 24.9 Å². The molecule has 0 heterocycles. The maximum Gasteiger partial charge on any atom is 0.240 e. The van der Waals surface area contributed by atoms with Gasteiger partial charge in [0, 0.05) is 29.1 Å². The summed E-state index contributed by atoms with van der Waals surface area (Å²) in [5.74, 6) is -3.84. The van der Waals surface area contributed by atoms with Crippen molar-refractivity contribution >= 4 is 45.8 Å². The number of aryl methyl sites for hydroxylation is 1. The van der Waals surface area contributed by atoms with E-state index in [1.165, 1.54) is 32.6 Å². The van der Waals surface area contributed by atoms with Gasteiger partial charge in [-0.25, -0.2) is 8.78 Å². The standard InChI is InChI=1S/C31H31F2IN2O5/c1-6-7-26(23(12-15-39-4)20(3)16-27(34)40-5)41-28-24(32)17-22(18-25(28)33)36-30(38)31(13-14-31)29(37)35-21-10-8-19(2)9-11-21/h6-12,15-18H,1,13-14H2,2-5H3,(H,35,37)(H,36,38)/b15-12+,23-20+,26-7+,27-16+. The molecule has 3 rings (SSSR count). The van der Waals surface area contributed by atoms with Crippen LogP contribution in [0.5, 0.6) is 5.75 Å². The zero-order valence-corrected chi connectivity index (χ0v) is 25.3. The van der Waals surface area contributed by atoms with E-state index in [0.717, 1.165) is 17.7 Å². The molecule has 0 unspecified atom stereocenters. The summed E-state index contributed by atoms with van der Waals surface area (Å²) in [6.45, 7) is 7.35. The van der Waals surface area contributed by atoms with Crippen molar-refractivity contribution < 1.29 is 32.6 Å². The van der Waals surface area contributed by atoms with Crippen LogP contribution in [0.1, 0.15) is 25.3 Å². The molecule has 10 heteroatoms. The third-order valence-corrected chi connectivity index (χ3v) is 7.00. The van der Waals surface area contributed by atoms with Crippen LogP contribution >= 0.6 is 22.6 Å². The van der Waals surface area contributed by atoms with E-state index in [0.29, 0.717) is 33.4 Å². The first kappa shape index (κ1) is 31.6. The first-order chi connectivity index (χ1) is 19.5. The van der Waals surface area contributed by atoms with Crippen LogP contribution in [0.15, 0.2) is 94.2 Å². The summed E-state index contributed by atoms with van der Waals surface area (Å²) in [5, 5.41) is 5.22. The molecule has 0 aromatic heterocycles. The Hall–Kier alpha value is -3.93. The molecule has 0 bridgehead atoms. The van der Waals surface area contributed by atoms with Gasteiger partial charge in [-0.2, -0.15) is 0 Å². The minimum Gasteiger partial charge on any atom is -0.504 e. The van der Waals surface area contributed by atoms with Crippen molar-refractivity contribution in [2.24, 2.45) is 5.41 Å². The van der Waals surface area contributed by atoms with Gasteiger partial charge in [-0.3, -0.25) is 9.59 Å². The highest BCUT2D eigenvalue weighted by atomic mass is 127. The summed E-state index contributed by atoms with van der Waals surface area (Å²) >= 11 is 1.99. The lowest BCUT2D eigenvalue weighted by Crippen LogP contribution is -2.35. The molecule has 1 fully saturated rings. The fraction of sp³-hybridized carbons (Fsp3) is 0.226. The van der Waals surface area contributed by atoms with E-state index >= 15 is 8.78 Å². The number of hydrogen-bond acceptors (Lipinski definition) is 5. The molecular weight excluding hydrogens is 645 g/mol. The maximum absolute atomic E-state index is 15.2. The second kappa shape index (κ2) is 14.1. The van der Waals surface area contributed by atoms with E-state index in [-0.39, 0.29) is 11.4 Å². The number of allylic oxidation sites excluding steroid dienone is 5. The van der Waals surface area contributed by atoms with Gasteiger partial charge in [0.05, 0.1) is 20.5 Å². The summed E-state index contributed by atoms with van der Waals surface area (Å²) < 4.78 is 46.9. The molecule has 2 amide bonds. The molecule has 41 heavy (non-hydrogen) atoms. The first-order valence-corrected chi connectivity index (χ1v) is 13.6. The fourth-order valence-electron chi connectivity index (χ4n) is 3.80. The third kappa shape index (κ3) is 8.06. The Labute approximate surface area is 251 Å². The van der Waals surface area contributed by atoms with Gasteiger partial charge in [0.25, 0.3) is 0 Å². The van der Waals surface area contributed by atoms with Crippen LogP contribution in [0.2, 0.25) is 0 Å². The topological polar surface area (TPSA) is 85.9 Å². The molecule has 2 aromatic rings. The Balaban J connectivity index is 1.84. The molecule has 216 valence electrons. The van der Waals surface area contributed by atoms with Crippen molar-refractivity contribution in [2.45, 2.75) is 26.7 Å². The number of amides is 2. The predicted octanol–water partition coefficient (Wildman–Crippen LogP) is 7.48. The van der Waals surface area contributed by atoms with Crippen LogP contribution in [0.3, 0.4) is 0 Å². The van der Waals surface area contributed by atoms with Gasteiger partial charge in [0.1, 0.15) is 11.2 Å². The minimum absolute atomic E-state index is 0.0849. The Morgan fingerprint density at radius 3 is 2.12 bits per heavy atom. The number of carbonyl (C=O) groups is 2. The first-order valence-electron chi connectivity index (χ1n) is 12.6. The second-order valence-corrected chi connectivity index (χ2v) is 10.3. The van der Waals surface area contributed by atoms with E-state index < -0.39 is 34.6 Å². The summed E-state index contributed by atoms with van der Waals surface area (Å²) in [6.07, 6.45) is 8.17. The van der Waals surface area contributed by atoms with E-state index in [9.17, 15) is 9.59 Å². The Morgan fingerprint density at radius 1 is 1.02 bits per heavy atom. The fourth-order valence-corrected chi connectivity index (χ4v) is 4.26. The highest BCUT2D eigenvalue weighted by molar-refractivity contribution is 14.1. The minimum atomic E-state index is -1.31. The molecule has 2 aromatic carbocycles. The van der Waals surface area contributed by atoms with E-state index in [1.807, 2.05) is 41.6 Å². The van der Waals surface area contributed by atoms with Crippen LogP contribution in [0.25, 0.3) is 0 Å². The second-order valence-electron chi connectivity index (χ2n) is 9.28. The summed E-state index contributed by atoms with van der Waals surface area (Å²) in [6, 6.07) is 9.02. The van der Waals surface area contributed by atoms with Gasteiger partial charge in [-0.05, 0) is 85.2 Å². The Kier molecular flexibility index (Phi) is 10.9. The van der Waals surface area contributed by atoms with Crippen LogP contribution in [0.4, 0.5) is 20.2 Å². The van der Waals surface area contributed by atoms with Crippen molar-refractivity contribution in [1.29, 1.82) is 0 Å². The molecule has 0 aliphatic heterocycles. The van der Waals surface area contributed by atoms with Crippen molar-refractivity contribution in [3.05, 3.63) is 111 Å². The smallest absolute Gasteiger partial charge is 0.240 e. The number of hydrogen-bond donors (Lipinski definition) is 2. The molecule has 2 N–H and O–H groups in total. The number of rotatable bonds is 12. The quantitative estimate of drug-likeness (QED) is 0.105. The predicted molar refractivity (Wildman–Crippen MR) is 163 cm³/mol. The number of carbonyl (C=O) groups excluding carboxylic acids is 2. The zero-order chi connectivity index (χ0) is 30.2. The summed E-state index contributed by atoms with van der Waals surface area (Å²) in [4.78, 5) is 25.9. The number of ether oxygens (including phenoxy) is 3. The highest BCUT2D eigenvalue weighted by Crippen LogP contribution is 2.47. The number of nitrogens with one attached hydrogen (secondary N) is 2. The normalized spacial score (nSPS) is 15.1. The molecule has 0 saturated heterocycles. The molecule has 1 aliphatic carbocycles. The molecule has 1 aliphatic rings. The molecule has 1 saturated carbocycles. The van der Waals surface area contributed by atoms with Gasteiger partial charge in [-0.15, -0.1) is 0 Å². The Morgan fingerprint density at radius 2 is 1.61 bits per heavy atom. The largest absolute Gasteiger partial charge is 0.504 e. The SMILES string of the molecule is C=C/C=C(/Oc1c(F)cc(NC(=O)C2(C(=O)Nc3ccc(C)cc3)CC2)cc1F)C(/C=C/OC)=C(C)/C=C(\I)OC. The molecule has 0 spiro atoms. The van der Waals surface area contributed by atoms with E-state index in [4.69, 9.17) is 14.2 Å². The number of methoxy groups -OCH3 is 2. The number of benzene rings is 2. The average molecular weight is 676 g/mol. The lowest BCUT2D eigenvalue weighted by atomic mass is 10.0. The summed E-state index contributed by atoms with van der Waals surface area (Å²) in [5.41, 5.74) is 1.22. The average Bonchev–Trinajstić information content (AvgIpc) is 3.74. The lowest BCUT2D eigenvalue weighted by Gasteiger charge is -2.17. The Bertz CT molecular complexity index is 1420. The third-order valence-electron chi connectivity index (χ3n) is 6.25. The van der Waals surface area contributed by atoms with Crippen LogP contribution in [0, 0.1) is 24.0 Å². The van der Waals surface area contributed by atoms with Crippen molar-refractivity contribution in [1.82, 2.24) is 0 Å². The lowest BCUT2D eigenvalue weighted by molar-refractivity contribution is -0.131. The van der Waals surface area contributed by atoms with Gasteiger partial charge in [0.2, 0.25) is 11.8 Å². The monoisotopic (exact) mass is 676 g/mol. The zero-order valence-electron chi connectivity index (χ0n) is 23.1. The number of halogens is 3. The van der Waals surface area contributed by atoms with E-state index in [1.54, 1.807) is 31.2 Å². The van der Waals surface area contributed by atoms with E-state index in [2.05, 4.69) is 17.2 Å². The van der Waals surface area contributed by atoms with Crippen molar-refractivity contribution in [3.63, 3.8) is 0 Å². The summed E-state index contributed by atoms with van der Waals surface area (Å²) in [7, 11) is 2.97. The van der Waals surface area contributed by atoms with Crippen LogP contribution in [-0.4, -0.2) is 26.0 Å². The van der Waals surface area contributed by atoms with Gasteiger partial charge < -0.3 is 24.8 Å². The van der Waals surface area contributed by atoms with Gasteiger partial charge >= 0.3 is 0 Å². The van der Waals surface area contributed by atoms with Crippen LogP contribution < -0.4 is 15.4 Å².